The Hall–Kier alpha value is -3.77. The van der Waals surface area contributed by atoms with Gasteiger partial charge in [-0.2, -0.15) is 10.2 Å². The molecule has 12 heteroatoms. The molecule has 0 spiro atoms. The van der Waals surface area contributed by atoms with Gasteiger partial charge in [0.2, 0.25) is 10.0 Å². The molecule has 216 valence electrons. The molecule has 2 aliphatic rings. The van der Waals surface area contributed by atoms with Gasteiger partial charge in [0, 0.05) is 45.1 Å². The van der Waals surface area contributed by atoms with Gasteiger partial charge < -0.3 is 9.64 Å². The number of amides is 1. The number of carbonyl (C=O) groups excluding carboxylic acids is 1. The van der Waals surface area contributed by atoms with Crippen molar-refractivity contribution >= 4 is 32.7 Å². The molecular formula is C29H35N7O4S. The van der Waals surface area contributed by atoms with E-state index < -0.39 is 15.9 Å². The zero-order valence-corrected chi connectivity index (χ0v) is 24.0. The summed E-state index contributed by atoms with van der Waals surface area (Å²) >= 11 is 0. The number of nitrogens with zero attached hydrogens (tertiary/aromatic N) is 6. The average molecular weight is 578 g/mol. The van der Waals surface area contributed by atoms with E-state index in [-0.39, 0.29) is 18.0 Å². The second kappa shape index (κ2) is 11.6. The Kier molecular flexibility index (Phi) is 7.76. The van der Waals surface area contributed by atoms with E-state index in [0.29, 0.717) is 17.5 Å². The predicted molar refractivity (Wildman–Crippen MR) is 156 cm³/mol. The van der Waals surface area contributed by atoms with Gasteiger partial charge in [0.05, 0.1) is 34.8 Å². The maximum Gasteiger partial charge on any atom is 0.283 e. The largest absolute Gasteiger partial charge is 0.384 e. The fraction of sp³-hybridized carbons (Fsp3) is 0.448. The Bertz CT molecular complexity index is 1610. The normalized spacial score (nSPS) is 16.7. The molecule has 0 radical (unpaired) electrons. The van der Waals surface area contributed by atoms with Crippen molar-refractivity contribution in [3.63, 3.8) is 0 Å². The maximum atomic E-state index is 13.5. The summed E-state index contributed by atoms with van der Waals surface area (Å²) in [5.41, 5.74) is 3.33. The zero-order valence-electron chi connectivity index (χ0n) is 23.1. The molecule has 0 bridgehead atoms. The fourth-order valence-corrected chi connectivity index (χ4v) is 6.59. The Balaban J connectivity index is 1.40. The third-order valence-electron chi connectivity index (χ3n) is 8.12. The van der Waals surface area contributed by atoms with Crippen LogP contribution in [0.4, 0.5) is 5.69 Å². The molecule has 1 aromatic carbocycles. The van der Waals surface area contributed by atoms with E-state index >= 15 is 0 Å². The van der Waals surface area contributed by atoms with Crippen LogP contribution in [0.1, 0.15) is 54.2 Å². The number of fused-ring (bicyclic) bond motifs is 1. The number of ether oxygens (including phenoxy) is 1. The molecule has 6 rings (SSSR count). The quantitative estimate of drug-likeness (QED) is 0.304. The lowest BCUT2D eigenvalue weighted by molar-refractivity contribution is 0.0977. The van der Waals surface area contributed by atoms with Crippen molar-refractivity contribution < 1.29 is 17.9 Å². The molecule has 0 atom stereocenters. The fourth-order valence-electron chi connectivity index (χ4n) is 5.67. The minimum atomic E-state index is -3.93. The molecule has 4 heterocycles. The molecule has 1 saturated heterocycles. The highest BCUT2D eigenvalue weighted by Crippen LogP contribution is 2.43. The third-order valence-corrected chi connectivity index (χ3v) is 9.34. The number of aromatic nitrogens is 5. The SMILES string of the molecule is COCC1CCN(c2cc(C(=O)NS(=O)(=O)CCn3cccn3)nc3c2c(C2CCC2)nn3-c2ccccc2)CC1. The first-order valence-corrected chi connectivity index (χ1v) is 15.8. The minimum Gasteiger partial charge on any atom is -0.384 e. The highest BCUT2D eigenvalue weighted by Gasteiger charge is 2.32. The van der Waals surface area contributed by atoms with Crippen molar-refractivity contribution in [2.24, 2.45) is 5.92 Å². The van der Waals surface area contributed by atoms with Gasteiger partial charge in [0.1, 0.15) is 5.69 Å². The van der Waals surface area contributed by atoms with Crippen molar-refractivity contribution in [2.45, 2.75) is 44.6 Å². The van der Waals surface area contributed by atoms with Gasteiger partial charge in [0.15, 0.2) is 5.65 Å². The Labute approximate surface area is 239 Å². The first-order chi connectivity index (χ1) is 19.9. The molecule has 3 aromatic heterocycles. The highest BCUT2D eigenvalue weighted by atomic mass is 32.2. The number of rotatable bonds is 10. The summed E-state index contributed by atoms with van der Waals surface area (Å²) in [6, 6.07) is 13.2. The van der Waals surface area contributed by atoms with E-state index in [1.807, 2.05) is 30.3 Å². The number of pyridine rings is 1. The van der Waals surface area contributed by atoms with Gasteiger partial charge in [-0.25, -0.2) is 22.8 Å². The molecule has 41 heavy (non-hydrogen) atoms. The molecule has 1 aliphatic carbocycles. The number of hydrogen-bond acceptors (Lipinski definition) is 8. The number of anilines is 1. The van der Waals surface area contributed by atoms with E-state index in [2.05, 4.69) is 14.7 Å². The molecule has 1 N–H and O–H groups in total. The van der Waals surface area contributed by atoms with Gasteiger partial charge in [-0.3, -0.25) is 9.48 Å². The van der Waals surface area contributed by atoms with Crippen molar-refractivity contribution in [3.8, 4) is 5.69 Å². The van der Waals surface area contributed by atoms with E-state index in [1.54, 1.807) is 36.3 Å². The number of aryl methyl sites for hydroxylation is 1. The van der Waals surface area contributed by atoms with E-state index in [9.17, 15) is 13.2 Å². The molecule has 1 saturated carbocycles. The lowest BCUT2D eigenvalue weighted by atomic mass is 9.82. The Morgan fingerprint density at radius 1 is 1.10 bits per heavy atom. The molecule has 2 fully saturated rings. The average Bonchev–Trinajstić information content (AvgIpc) is 3.60. The Morgan fingerprint density at radius 3 is 2.54 bits per heavy atom. The van der Waals surface area contributed by atoms with Gasteiger partial charge in [-0.15, -0.1) is 0 Å². The van der Waals surface area contributed by atoms with E-state index in [0.717, 1.165) is 74.3 Å². The van der Waals surface area contributed by atoms with Crippen LogP contribution < -0.4 is 9.62 Å². The highest BCUT2D eigenvalue weighted by molar-refractivity contribution is 7.90. The molecular weight excluding hydrogens is 542 g/mol. The Morgan fingerprint density at radius 2 is 1.88 bits per heavy atom. The first kappa shape index (κ1) is 27.4. The third kappa shape index (κ3) is 5.84. The smallest absolute Gasteiger partial charge is 0.283 e. The number of carbonyl (C=O) groups is 1. The second-order valence-corrected chi connectivity index (χ2v) is 12.7. The van der Waals surface area contributed by atoms with Crippen LogP contribution in [-0.4, -0.2) is 71.4 Å². The maximum absolute atomic E-state index is 13.5. The van der Waals surface area contributed by atoms with Crippen molar-refractivity contribution in [1.82, 2.24) is 29.3 Å². The predicted octanol–water partition coefficient (Wildman–Crippen LogP) is 3.51. The van der Waals surface area contributed by atoms with Gasteiger partial charge in [0.25, 0.3) is 5.91 Å². The van der Waals surface area contributed by atoms with Crippen molar-refractivity contribution in [3.05, 3.63) is 66.2 Å². The van der Waals surface area contributed by atoms with Crippen LogP contribution in [-0.2, 0) is 21.3 Å². The summed E-state index contributed by atoms with van der Waals surface area (Å²) in [4.78, 5) is 20.5. The molecule has 1 amide bonds. The van der Waals surface area contributed by atoms with Crippen molar-refractivity contribution in [1.29, 1.82) is 0 Å². The second-order valence-electron chi connectivity index (χ2n) is 10.9. The number of methoxy groups -OCH3 is 1. The first-order valence-electron chi connectivity index (χ1n) is 14.2. The number of benzene rings is 1. The number of piperidine rings is 1. The summed E-state index contributed by atoms with van der Waals surface area (Å²) < 4.78 is 36.6. The van der Waals surface area contributed by atoms with Gasteiger partial charge in [-0.05, 0) is 55.9 Å². The number of para-hydroxylation sites is 1. The van der Waals surface area contributed by atoms with Gasteiger partial charge >= 0.3 is 0 Å². The lowest BCUT2D eigenvalue weighted by Gasteiger charge is -2.34. The summed E-state index contributed by atoms with van der Waals surface area (Å²) in [6.45, 7) is 2.46. The summed E-state index contributed by atoms with van der Waals surface area (Å²) in [5.74, 6) is -0.226. The number of nitrogens with one attached hydrogen (secondary N) is 1. The van der Waals surface area contributed by atoms with Crippen LogP contribution in [0.15, 0.2) is 54.9 Å². The topological polar surface area (TPSA) is 124 Å². The molecule has 11 nitrogen and oxygen atoms in total. The minimum absolute atomic E-state index is 0.0476. The van der Waals surface area contributed by atoms with E-state index in [4.69, 9.17) is 14.8 Å². The van der Waals surface area contributed by atoms with Crippen LogP contribution in [0, 0.1) is 5.92 Å². The molecule has 4 aromatic rings. The zero-order chi connectivity index (χ0) is 28.4. The number of hydrogen-bond donors (Lipinski definition) is 1. The lowest BCUT2D eigenvalue weighted by Crippen LogP contribution is -2.36. The monoisotopic (exact) mass is 577 g/mol. The standard InChI is InChI=1S/C29H35N7O4S/c1-40-20-21-11-15-34(16-12-21)25-19-24(29(37)33-41(38,39)18-17-35-14-6-13-30-35)31-28-26(25)27(22-7-5-8-22)32-36(28)23-9-3-2-4-10-23/h2-4,6,9-10,13-14,19,21-22H,5,7-8,11-12,15-18,20H2,1H3,(H,33,37). The molecule has 1 aliphatic heterocycles. The van der Waals surface area contributed by atoms with Crippen molar-refractivity contribution in [2.75, 3.05) is 37.5 Å². The van der Waals surface area contributed by atoms with Crippen LogP contribution >= 0.6 is 0 Å². The number of sulfonamides is 1. The summed E-state index contributed by atoms with van der Waals surface area (Å²) in [7, 11) is -2.19. The van der Waals surface area contributed by atoms with Crippen LogP contribution in [0.2, 0.25) is 0 Å². The van der Waals surface area contributed by atoms with Gasteiger partial charge in [-0.1, -0.05) is 24.6 Å². The molecule has 0 unspecified atom stereocenters. The van der Waals surface area contributed by atoms with E-state index in [1.165, 1.54) is 4.68 Å². The van der Waals surface area contributed by atoms with Crippen LogP contribution in [0.3, 0.4) is 0 Å². The van der Waals surface area contributed by atoms with Crippen LogP contribution in [0.25, 0.3) is 16.7 Å². The summed E-state index contributed by atoms with van der Waals surface area (Å²) in [5, 5.41) is 10.1. The van der Waals surface area contributed by atoms with Crippen LogP contribution in [0.5, 0.6) is 0 Å². The summed E-state index contributed by atoms with van der Waals surface area (Å²) in [6.07, 6.45) is 8.47.